The molecular weight excluding hydrogens is 250 g/mol. The molecule has 2 aromatic heterocycles. The van der Waals surface area contributed by atoms with Crippen LogP contribution in [-0.2, 0) is 13.1 Å². The fourth-order valence-corrected chi connectivity index (χ4v) is 2.50. The molecule has 0 radical (unpaired) electrons. The smallest absolute Gasteiger partial charge is 0.0850 e. The van der Waals surface area contributed by atoms with E-state index in [9.17, 15) is 0 Å². The van der Waals surface area contributed by atoms with Crippen LogP contribution in [0.2, 0.25) is 0 Å². The molecule has 0 aliphatic carbocycles. The van der Waals surface area contributed by atoms with E-state index in [1.54, 1.807) is 0 Å². The third-order valence-electron chi connectivity index (χ3n) is 3.72. The van der Waals surface area contributed by atoms with E-state index in [0.29, 0.717) is 6.04 Å². The van der Waals surface area contributed by atoms with E-state index < -0.39 is 0 Å². The molecule has 2 aromatic rings. The van der Waals surface area contributed by atoms with Crippen molar-refractivity contribution in [3.63, 3.8) is 0 Å². The zero-order valence-electron chi connectivity index (χ0n) is 12.9. The van der Waals surface area contributed by atoms with Crippen LogP contribution in [-0.4, -0.2) is 26.6 Å². The Balaban J connectivity index is 2.08. The molecule has 0 fully saturated rings. The third-order valence-corrected chi connectivity index (χ3v) is 3.72. The van der Waals surface area contributed by atoms with Crippen molar-refractivity contribution >= 4 is 0 Å². The van der Waals surface area contributed by atoms with Crippen molar-refractivity contribution < 1.29 is 0 Å². The zero-order valence-corrected chi connectivity index (χ0v) is 12.9. The van der Waals surface area contributed by atoms with E-state index in [4.69, 9.17) is 0 Å². The van der Waals surface area contributed by atoms with Crippen molar-refractivity contribution in [2.75, 3.05) is 7.05 Å². The van der Waals surface area contributed by atoms with Crippen molar-refractivity contribution in [3.05, 3.63) is 35.4 Å². The highest BCUT2D eigenvalue weighted by atomic mass is 15.3. The second-order valence-corrected chi connectivity index (χ2v) is 5.23. The van der Waals surface area contributed by atoms with E-state index in [0.717, 1.165) is 37.3 Å². The average Bonchev–Trinajstić information content (AvgIpc) is 3.00. The molecule has 0 bridgehead atoms. The second-order valence-electron chi connectivity index (χ2n) is 5.23. The molecule has 0 aliphatic heterocycles. The van der Waals surface area contributed by atoms with Gasteiger partial charge in [0, 0.05) is 24.5 Å². The average molecular weight is 275 g/mol. The van der Waals surface area contributed by atoms with Crippen LogP contribution in [0.3, 0.4) is 0 Å². The predicted molar refractivity (Wildman–Crippen MR) is 80.7 cm³/mol. The maximum absolute atomic E-state index is 4.67. The van der Waals surface area contributed by atoms with Crippen LogP contribution in [0.15, 0.2) is 18.5 Å². The summed E-state index contributed by atoms with van der Waals surface area (Å²) in [6, 6.07) is 2.59. The Morgan fingerprint density at radius 1 is 1.25 bits per heavy atom. The third kappa shape index (κ3) is 3.28. The summed E-state index contributed by atoms with van der Waals surface area (Å²) in [6.45, 7) is 8.05. The molecule has 5 heteroatoms. The van der Waals surface area contributed by atoms with Gasteiger partial charge in [0.05, 0.1) is 24.0 Å². The number of hydrogen-bond donors (Lipinski definition) is 1. The van der Waals surface area contributed by atoms with E-state index >= 15 is 0 Å². The molecule has 0 aromatic carbocycles. The molecule has 1 N–H and O–H groups in total. The first-order valence-corrected chi connectivity index (χ1v) is 7.39. The minimum Gasteiger partial charge on any atom is -0.316 e. The number of nitrogens with zero attached hydrogens (tertiary/aromatic N) is 4. The van der Waals surface area contributed by atoms with Gasteiger partial charge in [-0.2, -0.15) is 10.2 Å². The number of aromatic nitrogens is 4. The van der Waals surface area contributed by atoms with Crippen LogP contribution in [0.1, 0.15) is 49.7 Å². The van der Waals surface area contributed by atoms with Gasteiger partial charge in [0.1, 0.15) is 0 Å². The minimum absolute atomic E-state index is 0.503. The molecule has 110 valence electrons. The normalized spacial score (nSPS) is 11.4. The van der Waals surface area contributed by atoms with Crippen LogP contribution >= 0.6 is 0 Å². The summed E-state index contributed by atoms with van der Waals surface area (Å²) in [5.74, 6) is 0. The van der Waals surface area contributed by atoms with Crippen LogP contribution in [0.25, 0.3) is 0 Å². The molecule has 0 saturated carbocycles. The molecule has 2 rings (SSSR count). The van der Waals surface area contributed by atoms with Crippen LogP contribution in [0, 0.1) is 6.92 Å². The summed E-state index contributed by atoms with van der Waals surface area (Å²) in [7, 11) is 1.95. The highest BCUT2D eigenvalue weighted by Crippen LogP contribution is 2.15. The van der Waals surface area contributed by atoms with Gasteiger partial charge in [-0.05, 0) is 32.9 Å². The Labute approximate surface area is 121 Å². The zero-order chi connectivity index (χ0) is 14.5. The Morgan fingerprint density at radius 3 is 2.65 bits per heavy atom. The van der Waals surface area contributed by atoms with E-state index in [2.05, 4.69) is 52.5 Å². The van der Waals surface area contributed by atoms with Gasteiger partial charge >= 0.3 is 0 Å². The molecule has 0 atom stereocenters. The highest BCUT2D eigenvalue weighted by Gasteiger charge is 2.09. The van der Waals surface area contributed by atoms with E-state index in [1.165, 1.54) is 5.56 Å². The SMILES string of the molecule is CCC(CC)n1ccc(Cn2cc(CNC)c(C)n2)n1. The summed E-state index contributed by atoms with van der Waals surface area (Å²) >= 11 is 0. The largest absolute Gasteiger partial charge is 0.316 e. The molecule has 5 nitrogen and oxygen atoms in total. The highest BCUT2D eigenvalue weighted by molar-refractivity contribution is 5.15. The number of nitrogens with one attached hydrogen (secondary N) is 1. The van der Waals surface area contributed by atoms with Gasteiger partial charge in [0.15, 0.2) is 0 Å². The predicted octanol–water partition coefficient (Wildman–Crippen LogP) is 2.52. The lowest BCUT2D eigenvalue weighted by Gasteiger charge is -2.12. The fraction of sp³-hybridized carbons (Fsp3) is 0.600. The van der Waals surface area contributed by atoms with Gasteiger partial charge < -0.3 is 5.32 Å². The number of aryl methyl sites for hydroxylation is 1. The van der Waals surface area contributed by atoms with E-state index in [1.807, 2.05) is 18.7 Å². The molecule has 0 aliphatic rings. The summed E-state index contributed by atoms with van der Waals surface area (Å²) in [5.41, 5.74) is 3.39. The Morgan fingerprint density at radius 2 is 2.00 bits per heavy atom. The lowest BCUT2D eigenvalue weighted by atomic mass is 10.2. The first-order chi connectivity index (χ1) is 9.67. The van der Waals surface area contributed by atoms with Crippen molar-refractivity contribution in [3.8, 4) is 0 Å². The standard InChI is InChI=1S/C15H25N5/c1-5-15(6-2)20-8-7-14(18-20)11-19-10-13(9-16-4)12(3)17-19/h7-8,10,15-16H,5-6,9,11H2,1-4H3. The van der Waals surface area contributed by atoms with Crippen LogP contribution < -0.4 is 5.32 Å². The Kier molecular flexibility index (Phi) is 4.95. The van der Waals surface area contributed by atoms with Gasteiger partial charge in [-0.25, -0.2) is 0 Å². The van der Waals surface area contributed by atoms with Crippen molar-refractivity contribution in [1.29, 1.82) is 0 Å². The summed E-state index contributed by atoms with van der Waals surface area (Å²) in [6.07, 6.45) is 6.41. The van der Waals surface area contributed by atoms with E-state index in [-0.39, 0.29) is 0 Å². The van der Waals surface area contributed by atoms with Crippen molar-refractivity contribution in [2.24, 2.45) is 0 Å². The molecule has 0 unspecified atom stereocenters. The van der Waals surface area contributed by atoms with Crippen molar-refractivity contribution in [1.82, 2.24) is 24.9 Å². The maximum Gasteiger partial charge on any atom is 0.0850 e. The van der Waals surface area contributed by atoms with Crippen LogP contribution in [0.4, 0.5) is 0 Å². The molecule has 2 heterocycles. The summed E-state index contributed by atoms with van der Waals surface area (Å²) in [5, 5.41) is 12.4. The quantitative estimate of drug-likeness (QED) is 0.844. The summed E-state index contributed by atoms with van der Waals surface area (Å²) in [4.78, 5) is 0. The monoisotopic (exact) mass is 275 g/mol. The molecule has 20 heavy (non-hydrogen) atoms. The lowest BCUT2D eigenvalue weighted by Crippen LogP contribution is -2.09. The van der Waals surface area contributed by atoms with Crippen LogP contribution in [0.5, 0.6) is 0 Å². The molecule has 0 saturated heterocycles. The lowest BCUT2D eigenvalue weighted by molar-refractivity contribution is 0.424. The first-order valence-electron chi connectivity index (χ1n) is 7.39. The van der Waals surface area contributed by atoms with Gasteiger partial charge in [-0.3, -0.25) is 9.36 Å². The molecule has 0 spiro atoms. The van der Waals surface area contributed by atoms with Gasteiger partial charge in [-0.1, -0.05) is 13.8 Å². The molecular formula is C15H25N5. The van der Waals surface area contributed by atoms with Gasteiger partial charge in [-0.15, -0.1) is 0 Å². The van der Waals surface area contributed by atoms with Gasteiger partial charge in [0.2, 0.25) is 0 Å². The summed E-state index contributed by atoms with van der Waals surface area (Å²) < 4.78 is 4.06. The second kappa shape index (κ2) is 6.70. The maximum atomic E-state index is 4.67. The Bertz CT molecular complexity index is 536. The number of rotatable bonds is 7. The topological polar surface area (TPSA) is 47.7 Å². The first kappa shape index (κ1) is 14.8. The number of hydrogen-bond acceptors (Lipinski definition) is 3. The fourth-order valence-electron chi connectivity index (χ4n) is 2.50. The van der Waals surface area contributed by atoms with Gasteiger partial charge in [0.25, 0.3) is 0 Å². The Hall–Kier alpha value is -1.62. The molecule has 0 amide bonds. The van der Waals surface area contributed by atoms with Crippen molar-refractivity contribution in [2.45, 2.75) is 52.7 Å². The minimum atomic E-state index is 0.503.